The van der Waals surface area contributed by atoms with Gasteiger partial charge in [0.15, 0.2) is 5.16 Å². The normalized spacial score (nSPS) is 10.6. The number of thioether (sulfide) groups is 1. The van der Waals surface area contributed by atoms with Crippen molar-refractivity contribution in [3.8, 4) is 0 Å². The number of halogens is 2. The summed E-state index contributed by atoms with van der Waals surface area (Å²) in [5.41, 5.74) is 0.707. The van der Waals surface area contributed by atoms with Gasteiger partial charge in [0.05, 0.1) is 17.9 Å². The van der Waals surface area contributed by atoms with Crippen LogP contribution < -0.4 is 10.6 Å². The average molecular weight is 434 g/mol. The highest BCUT2D eigenvalue weighted by Crippen LogP contribution is 2.19. The molecule has 0 unspecified atom stereocenters. The van der Waals surface area contributed by atoms with Crippen molar-refractivity contribution in [2.24, 2.45) is 7.05 Å². The van der Waals surface area contributed by atoms with Crippen LogP contribution in [-0.4, -0.2) is 32.3 Å². The second-order valence-corrected chi connectivity index (χ2v) is 7.39. The van der Waals surface area contributed by atoms with Crippen LogP contribution in [0.25, 0.3) is 0 Å². The van der Waals surface area contributed by atoms with Gasteiger partial charge in [-0.2, -0.15) is 0 Å². The van der Waals surface area contributed by atoms with E-state index >= 15 is 0 Å². The molecule has 0 fully saturated rings. The summed E-state index contributed by atoms with van der Waals surface area (Å²) in [6.07, 6.45) is -0.0763. The van der Waals surface area contributed by atoms with Crippen LogP contribution in [0.15, 0.2) is 53.7 Å². The van der Waals surface area contributed by atoms with E-state index in [1.807, 2.05) is 0 Å². The van der Waals surface area contributed by atoms with Gasteiger partial charge < -0.3 is 15.2 Å². The van der Waals surface area contributed by atoms with Crippen LogP contribution in [0.3, 0.4) is 0 Å². The van der Waals surface area contributed by atoms with Crippen molar-refractivity contribution < 1.29 is 14.0 Å². The number of aromatic nitrogens is 3. The predicted molar refractivity (Wildman–Crippen MR) is 111 cm³/mol. The van der Waals surface area contributed by atoms with Gasteiger partial charge in [-0.1, -0.05) is 41.6 Å². The fourth-order valence-corrected chi connectivity index (χ4v) is 3.34. The molecule has 0 radical (unpaired) electrons. The Morgan fingerprint density at radius 1 is 1.10 bits per heavy atom. The van der Waals surface area contributed by atoms with Gasteiger partial charge in [0.25, 0.3) is 0 Å². The van der Waals surface area contributed by atoms with Crippen molar-refractivity contribution in [1.29, 1.82) is 0 Å². The Balaban J connectivity index is 1.54. The zero-order valence-corrected chi connectivity index (χ0v) is 16.9. The quantitative estimate of drug-likeness (QED) is 0.556. The van der Waals surface area contributed by atoms with Crippen LogP contribution in [0.5, 0.6) is 0 Å². The molecule has 7 nitrogen and oxygen atoms in total. The van der Waals surface area contributed by atoms with Crippen molar-refractivity contribution in [2.75, 3.05) is 16.4 Å². The van der Waals surface area contributed by atoms with Crippen LogP contribution in [-0.2, 0) is 23.1 Å². The van der Waals surface area contributed by atoms with E-state index < -0.39 is 11.7 Å². The lowest BCUT2D eigenvalue weighted by Gasteiger charge is -2.07. The lowest BCUT2D eigenvalue weighted by atomic mass is 10.3. The van der Waals surface area contributed by atoms with E-state index in [-0.39, 0.29) is 23.8 Å². The molecule has 0 saturated heterocycles. The minimum Gasteiger partial charge on any atom is -0.325 e. The fourth-order valence-electron chi connectivity index (χ4n) is 2.42. The van der Waals surface area contributed by atoms with Crippen LogP contribution in [0.2, 0.25) is 5.02 Å². The average Bonchev–Trinajstić information content (AvgIpc) is 3.01. The Bertz CT molecular complexity index is 1040. The molecule has 150 valence electrons. The molecule has 3 aromatic rings. The fraction of sp³-hybridized carbons (Fsp3) is 0.158. The van der Waals surface area contributed by atoms with Gasteiger partial charge in [-0.3, -0.25) is 9.59 Å². The summed E-state index contributed by atoms with van der Waals surface area (Å²) in [6.45, 7) is 0. The number of para-hydroxylation sites is 1. The second-order valence-electron chi connectivity index (χ2n) is 6.01. The van der Waals surface area contributed by atoms with Gasteiger partial charge >= 0.3 is 0 Å². The van der Waals surface area contributed by atoms with E-state index in [9.17, 15) is 14.0 Å². The van der Waals surface area contributed by atoms with Gasteiger partial charge in [-0.05, 0) is 30.3 Å². The summed E-state index contributed by atoms with van der Waals surface area (Å²) >= 11 is 7.08. The first kappa shape index (κ1) is 20.8. The molecule has 1 aromatic heterocycles. The molecular weight excluding hydrogens is 417 g/mol. The van der Waals surface area contributed by atoms with Gasteiger partial charge in [0.2, 0.25) is 11.8 Å². The number of amides is 2. The monoisotopic (exact) mass is 433 g/mol. The second kappa shape index (κ2) is 9.53. The molecule has 0 aliphatic rings. The Morgan fingerprint density at radius 2 is 1.90 bits per heavy atom. The molecule has 0 bridgehead atoms. The van der Waals surface area contributed by atoms with E-state index in [0.29, 0.717) is 21.7 Å². The van der Waals surface area contributed by atoms with Crippen LogP contribution in [0.4, 0.5) is 15.8 Å². The van der Waals surface area contributed by atoms with E-state index in [1.165, 1.54) is 23.9 Å². The van der Waals surface area contributed by atoms with Crippen molar-refractivity contribution >= 4 is 46.6 Å². The van der Waals surface area contributed by atoms with E-state index in [4.69, 9.17) is 11.6 Å². The molecule has 0 aliphatic carbocycles. The first-order valence-corrected chi connectivity index (χ1v) is 9.89. The summed E-state index contributed by atoms with van der Waals surface area (Å²) in [5.74, 6) is -0.641. The highest BCUT2D eigenvalue weighted by atomic mass is 35.5. The summed E-state index contributed by atoms with van der Waals surface area (Å²) in [5, 5.41) is 14.2. The third-order valence-electron chi connectivity index (χ3n) is 3.83. The summed E-state index contributed by atoms with van der Waals surface area (Å²) in [6, 6.07) is 12.8. The maximum absolute atomic E-state index is 13.6. The van der Waals surface area contributed by atoms with E-state index in [0.717, 1.165) is 0 Å². The minimum absolute atomic E-state index is 0.0763. The smallest absolute Gasteiger partial charge is 0.234 e. The molecule has 0 aliphatic heterocycles. The molecule has 2 N–H and O–H groups in total. The van der Waals surface area contributed by atoms with Crippen LogP contribution in [0.1, 0.15) is 5.82 Å². The van der Waals surface area contributed by atoms with E-state index in [1.54, 1.807) is 48.0 Å². The number of rotatable bonds is 7. The molecule has 2 amide bonds. The highest BCUT2D eigenvalue weighted by molar-refractivity contribution is 7.99. The number of nitrogens with one attached hydrogen (secondary N) is 2. The minimum atomic E-state index is -0.513. The first-order valence-electron chi connectivity index (χ1n) is 8.53. The number of anilines is 2. The molecule has 0 spiro atoms. The number of hydrogen-bond donors (Lipinski definition) is 2. The Hall–Kier alpha value is -2.91. The number of carbonyl (C=O) groups excluding carboxylic acids is 2. The Labute approximate surface area is 175 Å². The standard InChI is InChI=1S/C19H17ClFN5O2S/c1-26-16(10-17(27)23-15-8-3-2-7-14(15)21)24-25-19(26)29-11-18(28)22-13-6-4-5-12(20)9-13/h2-9H,10-11H2,1H3,(H,22,28)(H,23,27). The molecular formula is C19H17ClFN5O2S. The largest absolute Gasteiger partial charge is 0.325 e. The van der Waals surface area contributed by atoms with Crippen molar-refractivity contribution in [3.05, 3.63) is 65.2 Å². The highest BCUT2D eigenvalue weighted by Gasteiger charge is 2.15. The Kier molecular flexibility index (Phi) is 6.84. The van der Waals surface area contributed by atoms with Gasteiger partial charge in [-0.25, -0.2) is 4.39 Å². The molecule has 3 rings (SSSR count). The topological polar surface area (TPSA) is 88.9 Å². The predicted octanol–water partition coefficient (Wildman–Crippen LogP) is 3.52. The number of hydrogen-bond acceptors (Lipinski definition) is 5. The summed E-state index contributed by atoms with van der Waals surface area (Å²) in [7, 11) is 1.70. The molecule has 10 heteroatoms. The number of benzene rings is 2. The van der Waals surface area contributed by atoms with Crippen molar-refractivity contribution in [2.45, 2.75) is 11.6 Å². The van der Waals surface area contributed by atoms with Crippen LogP contribution >= 0.6 is 23.4 Å². The first-order chi connectivity index (χ1) is 13.9. The van der Waals surface area contributed by atoms with E-state index in [2.05, 4.69) is 20.8 Å². The zero-order valence-electron chi connectivity index (χ0n) is 15.4. The SMILES string of the molecule is Cn1c(CC(=O)Nc2ccccc2F)nnc1SCC(=O)Nc1cccc(Cl)c1. The van der Waals surface area contributed by atoms with Crippen molar-refractivity contribution in [1.82, 2.24) is 14.8 Å². The molecule has 2 aromatic carbocycles. The summed E-state index contributed by atoms with van der Waals surface area (Å²) < 4.78 is 15.3. The lowest BCUT2D eigenvalue weighted by molar-refractivity contribution is -0.116. The van der Waals surface area contributed by atoms with Gasteiger partial charge in [0, 0.05) is 17.8 Å². The van der Waals surface area contributed by atoms with Gasteiger partial charge in [-0.15, -0.1) is 10.2 Å². The summed E-state index contributed by atoms with van der Waals surface area (Å²) in [4.78, 5) is 24.2. The van der Waals surface area contributed by atoms with Gasteiger partial charge in [0.1, 0.15) is 11.6 Å². The molecule has 0 atom stereocenters. The molecule has 1 heterocycles. The maximum Gasteiger partial charge on any atom is 0.234 e. The Morgan fingerprint density at radius 3 is 2.66 bits per heavy atom. The third-order valence-corrected chi connectivity index (χ3v) is 5.09. The lowest BCUT2D eigenvalue weighted by Crippen LogP contribution is -2.18. The molecule has 29 heavy (non-hydrogen) atoms. The van der Waals surface area contributed by atoms with Crippen LogP contribution in [0, 0.1) is 5.82 Å². The molecule has 0 saturated carbocycles. The number of carbonyl (C=O) groups is 2. The maximum atomic E-state index is 13.6. The third kappa shape index (κ3) is 5.78. The zero-order chi connectivity index (χ0) is 20.8. The number of nitrogens with zero attached hydrogens (tertiary/aromatic N) is 3. The van der Waals surface area contributed by atoms with Crippen molar-refractivity contribution in [3.63, 3.8) is 0 Å².